The number of amides is 2. The van der Waals surface area contributed by atoms with E-state index >= 15 is 0 Å². The lowest BCUT2D eigenvalue weighted by Crippen LogP contribution is -2.28. The summed E-state index contributed by atoms with van der Waals surface area (Å²) in [5, 5.41) is 16.2. The average Bonchev–Trinajstić information content (AvgIpc) is 3.57. The molecule has 1 aliphatic carbocycles. The molecule has 0 saturated heterocycles. The number of methoxy groups -OCH3 is 1. The van der Waals surface area contributed by atoms with E-state index in [0.29, 0.717) is 29.9 Å². The standard InChI is InChI=1S/C22H25N7O3S/c1-13-11-19(29-28-13)26-18-12-17(21(31)23-9-10-32-2)25-22(27-18)33-16-7-5-15(6-8-16)24-20(30)14-3-4-14/h5-8,11-12,14H,3-4,9-10H2,1-2H3,(H,23,31)(H,24,30)(H2,25,26,27,28,29). The number of aryl methyl sites for hydroxylation is 1. The number of nitrogens with zero attached hydrogens (tertiary/aromatic N) is 3. The van der Waals surface area contributed by atoms with Gasteiger partial charge in [0, 0.05) is 48.0 Å². The highest BCUT2D eigenvalue weighted by molar-refractivity contribution is 7.99. The largest absolute Gasteiger partial charge is 0.383 e. The molecule has 1 aromatic carbocycles. The SMILES string of the molecule is COCCNC(=O)c1cc(Nc2cc(C)[nH]n2)nc(Sc2ccc(NC(=O)C3CC3)cc2)n1. The number of benzene rings is 1. The number of ether oxygens (including phenoxy) is 1. The molecule has 0 unspecified atom stereocenters. The zero-order chi connectivity index (χ0) is 23.2. The van der Waals surface area contributed by atoms with Crippen LogP contribution < -0.4 is 16.0 Å². The number of hydrogen-bond acceptors (Lipinski definition) is 8. The Morgan fingerprint density at radius 1 is 1.15 bits per heavy atom. The maximum Gasteiger partial charge on any atom is 0.270 e. The van der Waals surface area contributed by atoms with Crippen LogP contribution in [-0.2, 0) is 9.53 Å². The molecule has 0 bridgehead atoms. The van der Waals surface area contributed by atoms with E-state index in [1.165, 1.54) is 11.8 Å². The molecule has 2 aromatic heterocycles. The minimum absolute atomic E-state index is 0.0650. The summed E-state index contributed by atoms with van der Waals surface area (Å²) < 4.78 is 4.98. The van der Waals surface area contributed by atoms with Crippen molar-refractivity contribution in [3.8, 4) is 0 Å². The van der Waals surface area contributed by atoms with E-state index in [1.807, 2.05) is 37.3 Å². The molecule has 0 radical (unpaired) electrons. The summed E-state index contributed by atoms with van der Waals surface area (Å²) >= 11 is 1.32. The van der Waals surface area contributed by atoms with Crippen LogP contribution in [0.2, 0.25) is 0 Å². The van der Waals surface area contributed by atoms with E-state index in [-0.39, 0.29) is 23.4 Å². The Bertz CT molecular complexity index is 1130. The molecular formula is C22H25N7O3S. The predicted molar refractivity (Wildman–Crippen MR) is 125 cm³/mol. The molecule has 1 fully saturated rings. The Morgan fingerprint density at radius 3 is 2.61 bits per heavy atom. The molecule has 33 heavy (non-hydrogen) atoms. The summed E-state index contributed by atoms with van der Waals surface area (Å²) in [7, 11) is 1.57. The molecule has 1 aliphatic rings. The maximum atomic E-state index is 12.6. The number of aromatic amines is 1. The van der Waals surface area contributed by atoms with E-state index in [1.54, 1.807) is 13.2 Å². The fourth-order valence-corrected chi connectivity index (χ4v) is 3.69. The van der Waals surface area contributed by atoms with Crippen molar-refractivity contribution in [1.29, 1.82) is 0 Å². The summed E-state index contributed by atoms with van der Waals surface area (Å²) in [5.41, 5.74) is 1.87. The van der Waals surface area contributed by atoms with Crippen LogP contribution in [0.25, 0.3) is 0 Å². The van der Waals surface area contributed by atoms with E-state index in [0.717, 1.165) is 29.1 Å². The zero-order valence-electron chi connectivity index (χ0n) is 18.3. The van der Waals surface area contributed by atoms with Crippen LogP contribution in [0.4, 0.5) is 17.3 Å². The molecule has 0 atom stereocenters. The number of hydrogen-bond donors (Lipinski definition) is 4. The van der Waals surface area contributed by atoms with Gasteiger partial charge in [0.1, 0.15) is 11.5 Å². The molecule has 0 aliphatic heterocycles. The van der Waals surface area contributed by atoms with Gasteiger partial charge in [0.25, 0.3) is 5.91 Å². The van der Waals surface area contributed by atoms with Gasteiger partial charge in [-0.25, -0.2) is 9.97 Å². The first kappa shape index (κ1) is 22.7. The monoisotopic (exact) mass is 467 g/mol. The second-order valence-corrected chi connectivity index (χ2v) is 8.66. The molecule has 11 heteroatoms. The van der Waals surface area contributed by atoms with Gasteiger partial charge < -0.3 is 20.7 Å². The molecule has 10 nitrogen and oxygen atoms in total. The van der Waals surface area contributed by atoms with E-state index < -0.39 is 0 Å². The second-order valence-electron chi connectivity index (χ2n) is 7.62. The Balaban J connectivity index is 1.51. The van der Waals surface area contributed by atoms with Crippen LogP contribution >= 0.6 is 11.8 Å². The first-order valence-electron chi connectivity index (χ1n) is 10.5. The second kappa shape index (κ2) is 10.5. The van der Waals surface area contributed by atoms with Gasteiger partial charge in [-0.1, -0.05) is 0 Å². The molecule has 2 heterocycles. The lowest BCUT2D eigenvalue weighted by atomic mass is 10.3. The first-order chi connectivity index (χ1) is 16.0. The highest BCUT2D eigenvalue weighted by Crippen LogP contribution is 2.31. The van der Waals surface area contributed by atoms with Crippen molar-refractivity contribution in [2.24, 2.45) is 5.92 Å². The summed E-state index contributed by atoms with van der Waals surface area (Å²) in [4.78, 5) is 34.3. The van der Waals surface area contributed by atoms with Crippen molar-refractivity contribution in [3.05, 3.63) is 47.8 Å². The molecule has 172 valence electrons. The quantitative estimate of drug-likeness (QED) is 0.264. The van der Waals surface area contributed by atoms with Crippen molar-refractivity contribution in [3.63, 3.8) is 0 Å². The minimum Gasteiger partial charge on any atom is -0.383 e. The fourth-order valence-electron chi connectivity index (χ4n) is 2.92. The van der Waals surface area contributed by atoms with Crippen molar-refractivity contribution in [1.82, 2.24) is 25.5 Å². The van der Waals surface area contributed by atoms with Gasteiger partial charge in [-0.15, -0.1) is 0 Å². The van der Waals surface area contributed by atoms with Crippen molar-refractivity contribution in [2.75, 3.05) is 30.9 Å². The van der Waals surface area contributed by atoms with Gasteiger partial charge in [-0.3, -0.25) is 14.7 Å². The fraction of sp³-hybridized carbons (Fsp3) is 0.318. The van der Waals surface area contributed by atoms with Crippen LogP contribution in [-0.4, -0.2) is 52.2 Å². The number of H-pyrrole nitrogens is 1. The lowest BCUT2D eigenvalue weighted by Gasteiger charge is -2.10. The normalized spacial score (nSPS) is 12.9. The van der Waals surface area contributed by atoms with Crippen molar-refractivity contribution < 1.29 is 14.3 Å². The molecule has 3 aromatic rings. The Kier molecular flexibility index (Phi) is 7.20. The number of nitrogens with one attached hydrogen (secondary N) is 4. The van der Waals surface area contributed by atoms with E-state index in [9.17, 15) is 9.59 Å². The van der Waals surface area contributed by atoms with Gasteiger partial charge >= 0.3 is 0 Å². The Labute approximate surface area is 195 Å². The number of carbonyl (C=O) groups excluding carboxylic acids is 2. The summed E-state index contributed by atoms with van der Waals surface area (Å²) in [6.45, 7) is 2.67. The summed E-state index contributed by atoms with van der Waals surface area (Å²) in [6.07, 6.45) is 1.92. The molecule has 2 amide bonds. The topological polar surface area (TPSA) is 134 Å². The van der Waals surface area contributed by atoms with Crippen LogP contribution in [0.3, 0.4) is 0 Å². The number of anilines is 3. The highest BCUT2D eigenvalue weighted by Gasteiger charge is 2.29. The van der Waals surface area contributed by atoms with Gasteiger partial charge in [0.2, 0.25) is 5.91 Å². The predicted octanol–water partition coefficient (Wildman–Crippen LogP) is 3.13. The number of carbonyl (C=O) groups is 2. The van der Waals surface area contributed by atoms with Crippen molar-refractivity contribution in [2.45, 2.75) is 29.8 Å². The van der Waals surface area contributed by atoms with Crippen LogP contribution in [0.1, 0.15) is 29.0 Å². The average molecular weight is 468 g/mol. The van der Waals surface area contributed by atoms with Crippen LogP contribution in [0, 0.1) is 12.8 Å². The smallest absolute Gasteiger partial charge is 0.270 e. The minimum atomic E-state index is -0.323. The first-order valence-corrected chi connectivity index (χ1v) is 11.4. The third-order valence-corrected chi connectivity index (χ3v) is 5.64. The summed E-state index contributed by atoms with van der Waals surface area (Å²) in [6, 6.07) is 10.9. The number of aromatic nitrogens is 4. The Hall–Kier alpha value is -3.44. The third-order valence-electron chi connectivity index (χ3n) is 4.77. The van der Waals surface area contributed by atoms with Gasteiger partial charge in [0.05, 0.1) is 6.61 Å². The maximum absolute atomic E-state index is 12.6. The number of rotatable bonds is 10. The molecular weight excluding hydrogens is 442 g/mol. The Morgan fingerprint density at radius 2 is 1.94 bits per heavy atom. The zero-order valence-corrected chi connectivity index (χ0v) is 19.2. The molecule has 4 rings (SSSR count). The molecule has 0 spiro atoms. The van der Waals surface area contributed by atoms with Crippen LogP contribution in [0.15, 0.2) is 46.5 Å². The van der Waals surface area contributed by atoms with Gasteiger partial charge in [-0.2, -0.15) is 5.10 Å². The van der Waals surface area contributed by atoms with E-state index in [4.69, 9.17) is 4.74 Å². The van der Waals surface area contributed by atoms with E-state index in [2.05, 4.69) is 36.1 Å². The molecule has 4 N–H and O–H groups in total. The highest BCUT2D eigenvalue weighted by atomic mass is 32.2. The third kappa shape index (κ3) is 6.53. The van der Waals surface area contributed by atoms with Crippen LogP contribution in [0.5, 0.6) is 0 Å². The molecule has 1 saturated carbocycles. The summed E-state index contributed by atoms with van der Waals surface area (Å²) in [5.74, 6) is 0.924. The van der Waals surface area contributed by atoms with Gasteiger partial charge in [0.15, 0.2) is 11.0 Å². The lowest BCUT2D eigenvalue weighted by molar-refractivity contribution is -0.117. The van der Waals surface area contributed by atoms with Crippen molar-refractivity contribution >= 4 is 40.9 Å². The van der Waals surface area contributed by atoms with Gasteiger partial charge in [-0.05, 0) is 55.8 Å².